The minimum Gasteiger partial charge on any atom is -0.392 e. The fraction of sp³-hybridized carbons (Fsp3) is 0.0714. The van der Waals surface area contributed by atoms with Crippen molar-refractivity contribution in [1.29, 1.82) is 0 Å². The van der Waals surface area contributed by atoms with E-state index in [0.29, 0.717) is 10.6 Å². The van der Waals surface area contributed by atoms with E-state index in [-0.39, 0.29) is 17.7 Å². The molecule has 92 valence electrons. The zero-order chi connectivity index (χ0) is 13.1. The van der Waals surface area contributed by atoms with Crippen LogP contribution < -0.4 is 0 Å². The highest BCUT2D eigenvalue weighted by Crippen LogP contribution is 2.21. The van der Waals surface area contributed by atoms with Gasteiger partial charge in [0.25, 0.3) is 0 Å². The van der Waals surface area contributed by atoms with Crippen LogP contribution in [0.25, 0.3) is 0 Å². The molecule has 2 nitrogen and oxygen atoms in total. The van der Waals surface area contributed by atoms with E-state index in [1.54, 1.807) is 18.2 Å². The summed E-state index contributed by atoms with van der Waals surface area (Å²) in [7, 11) is 0. The molecule has 0 unspecified atom stereocenters. The highest BCUT2D eigenvalue weighted by molar-refractivity contribution is 6.31. The van der Waals surface area contributed by atoms with Crippen LogP contribution in [0.15, 0.2) is 42.5 Å². The average Bonchev–Trinajstić information content (AvgIpc) is 2.38. The molecule has 0 aromatic heterocycles. The summed E-state index contributed by atoms with van der Waals surface area (Å²) >= 11 is 5.82. The number of hydrogen-bond acceptors (Lipinski definition) is 2. The van der Waals surface area contributed by atoms with Gasteiger partial charge in [0.05, 0.1) is 12.2 Å². The van der Waals surface area contributed by atoms with Crippen molar-refractivity contribution >= 4 is 17.4 Å². The molecule has 1 N–H and O–H groups in total. The van der Waals surface area contributed by atoms with E-state index in [1.807, 2.05) is 0 Å². The topological polar surface area (TPSA) is 37.3 Å². The Hall–Kier alpha value is -1.71. The van der Waals surface area contributed by atoms with E-state index in [2.05, 4.69) is 0 Å². The molecule has 0 amide bonds. The summed E-state index contributed by atoms with van der Waals surface area (Å²) in [5, 5.41) is 9.55. The number of halogens is 2. The van der Waals surface area contributed by atoms with Gasteiger partial charge in [-0.15, -0.1) is 0 Å². The van der Waals surface area contributed by atoms with E-state index in [4.69, 9.17) is 11.6 Å². The molecule has 2 aromatic rings. The third-order valence-corrected chi connectivity index (χ3v) is 2.84. The molecule has 4 heteroatoms. The van der Waals surface area contributed by atoms with Crippen LogP contribution in [-0.2, 0) is 6.61 Å². The minimum atomic E-state index is -0.591. The Balaban J connectivity index is 2.52. The molecule has 0 saturated heterocycles. The lowest BCUT2D eigenvalue weighted by molar-refractivity contribution is 0.103. The van der Waals surface area contributed by atoms with Crippen molar-refractivity contribution < 1.29 is 14.3 Å². The van der Waals surface area contributed by atoms with E-state index >= 15 is 0 Å². The Bertz CT molecular complexity index is 596. The molecule has 0 aliphatic carbocycles. The SMILES string of the molecule is O=C(c1ccccc1F)c1cc(Cl)ccc1CO. The third kappa shape index (κ3) is 2.42. The number of carbonyl (C=O) groups excluding carboxylic acids is 1. The van der Waals surface area contributed by atoms with Crippen molar-refractivity contribution in [1.82, 2.24) is 0 Å². The van der Waals surface area contributed by atoms with Crippen molar-refractivity contribution in [3.05, 3.63) is 70.0 Å². The smallest absolute Gasteiger partial charge is 0.196 e. The Labute approximate surface area is 109 Å². The van der Waals surface area contributed by atoms with Crippen molar-refractivity contribution in [3.63, 3.8) is 0 Å². The zero-order valence-electron chi connectivity index (χ0n) is 9.36. The molecule has 0 fully saturated rings. The minimum absolute atomic E-state index is 0.0329. The summed E-state index contributed by atoms with van der Waals surface area (Å²) < 4.78 is 13.5. The Morgan fingerprint density at radius 1 is 1.17 bits per heavy atom. The monoisotopic (exact) mass is 264 g/mol. The molecule has 0 heterocycles. The molecule has 0 bridgehead atoms. The van der Waals surface area contributed by atoms with E-state index < -0.39 is 11.6 Å². The van der Waals surface area contributed by atoms with E-state index in [0.717, 1.165) is 0 Å². The van der Waals surface area contributed by atoms with Gasteiger partial charge in [0.1, 0.15) is 5.82 Å². The summed E-state index contributed by atoms with van der Waals surface area (Å²) in [6.45, 7) is -0.299. The van der Waals surface area contributed by atoms with Gasteiger partial charge in [0, 0.05) is 10.6 Å². The maximum absolute atomic E-state index is 13.5. The molecule has 2 rings (SSSR count). The molecule has 0 saturated carbocycles. The number of hydrogen-bond donors (Lipinski definition) is 1. The number of rotatable bonds is 3. The summed E-state index contributed by atoms with van der Waals surface area (Å²) in [6, 6.07) is 10.3. The van der Waals surface area contributed by atoms with Crippen LogP contribution >= 0.6 is 11.6 Å². The van der Waals surface area contributed by atoms with Crippen molar-refractivity contribution in [2.24, 2.45) is 0 Å². The van der Waals surface area contributed by atoms with Gasteiger partial charge >= 0.3 is 0 Å². The fourth-order valence-electron chi connectivity index (χ4n) is 1.69. The highest BCUT2D eigenvalue weighted by Gasteiger charge is 2.16. The van der Waals surface area contributed by atoms with Crippen molar-refractivity contribution in [3.8, 4) is 0 Å². The summed E-state index contributed by atoms with van der Waals surface area (Å²) in [5.74, 6) is -1.08. The summed E-state index contributed by atoms with van der Waals surface area (Å²) in [5.41, 5.74) is 0.609. The average molecular weight is 265 g/mol. The molecule has 0 aliphatic rings. The molecule has 0 spiro atoms. The first-order chi connectivity index (χ1) is 8.63. The lowest BCUT2D eigenvalue weighted by atomic mass is 9.98. The van der Waals surface area contributed by atoms with Crippen molar-refractivity contribution in [2.45, 2.75) is 6.61 Å². The number of carbonyl (C=O) groups is 1. The maximum Gasteiger partial charge on any atom is 0.196 e. The number of benzene rings is 2. The lowest BCUT2D eigenvalue weighted by Crippen LogP contribution is -2.07. The Kier molecular flexibility index (Phi) is 3.75. The van der Waals surface area contributed by atoms with Crippen LogP contribution in [0.2, 0.25) is 5.02 Å². The Morgan fingerprint density at radius 2 is 1.89 bits per heavy atom. The first-order valence-electron chi connectivity index (χ1n) is 5.32. The van der Waals surface area contributed by atoms with Crippen LogP contribution in [0, 0.1) is 5.82 Å². The Morgan fingerprint density at radius 3 is 2.56 bits per heavy atom. The van der Waals surface area contributed by atoms with Crippen LogP contribution in [0.5, 0.6) is 0 Å². The predicted octanol–water partition coefficient (Wildman–Crippen LogP) is 3.20. The second kappa shape index (κ2) is 5.29. The first-order valence-corrected chi connectivity index (χ1v) is 5.70. The van der Waals surface area contributed by atoms with Crippen LogP contribution in [0.4, 0.5) is 4.39 Å². The van der Waals surface area contributed by atoms with E-state index in [1.165, 1.54) is 24.3 Å². The predicted molar refractivity (Wildman–Crippen MR) is 67.2 cm³/mol. The zero-order valence-corrected chi connectivity index (χ0v) is 10.1. The van der Waals surface area contributed by atoms with Gasteiger partial charge in [0.2, 0.25) is 0 Å². The molecule has 18 heavy (non-hydrogen) atoms. The van der Waals surface area contributed by atoms with Gasteiger partial charge in [-0.05, 0) is 29.8 Å². The lowest BCUT2D eigenvalue weighted by Gasteiger charge is -2.07. The van der Waals surface area contributed by atoms with Gasteiger partial charge < -0.3 is 5.11 Å². The fourth-order valence-corrected chi connectivity index (χ4v) is 1.86. The molecule has 0 aliphatic heterocycles. The van der Waals surface area contributed by atoms with E-state index in [9.17, 15) is 14.3 Å². The summed E-state index contributed by atoms with van der Waals surface area (Å²) in [6.07, 6.45) is 0. The molecular formula is C14H10ClFO2. The number of ketones is 1. The van der Waals surface area contributed by atoms with Gasteiger partial charge in [0.15, 0.2) is 5.78 Å². The number of aliphatic hydroxyl groups is 1. The quantitative estimate of drug-likeness (QED) is 0.865. The van der Waals surface area contributed by atoms with Crippen molar-refractivity contribution in [2.75, 3.05) is 0 Å². The highest BCUT2D eigenvalue weighted by atomic mass is 35.5. The molecular weight excluding hydrogens is 255 g/mol. The largest absolute Gasteiger partial charge is 0.392 e. The van der Waals surface area contributed by atoms with Crippen LogP contribution in [-0.4, -0.2) is 10.9 Å². The number of aliphatic hydroxyl groups excluding tert-OH is 1. The first kappa shape index (κ1) is 12.7. The standard InChI is InChI=1S/C14H10ClFO2/c15-10-6-5-9(8-17)12(7-10)14(18)11-3-1-2-4-13(11)16/h1-7,17H,8H2. The molecule has 0 radical (unpaired) electrons. The van der Waals surface area contributed by atoms with Gasteiger partial charge in [-0.1, -0.05) is 29.8 Å². The normalized spacial score (nSPS) is 10.4. The van der Waals surface area contributed by atoms with Crippen LogP contribution in [0.1, 0.15) is 21.5 Å². The van der Waals surface area contributed by atoms with Gasteiger partial charge in [-0.25, -0.2) is 4.39 Å². The second-order valence-electron chi connectivity index (χ2n) is 3.77. The molecule has 2 aromatic carbocycles. The summed E-state index contributed by atoms with van der Waals surface area (Å²) in [4.78, 5) is 12.2. The van der Waals surface area contributed by atoms with Gasteiger partial charge in [-0.2, -0.15) is 0 Å². The third-order valence-electron chi connectivity index (χ3n) is 2.61. The van der Waals surface area contributed by atoms with Crippen LogP contribution in [0.3, 0.4) is 0 Å². The maximum atomic E-state index is 13.5. The van der Waals surface area contributed by atoms with Gasteiger partial charge in [-0.3, -0.25) is 4.79 Å². The molecule has 0 atom stereocenters. The second-order valence-corrected chi connectivity index (χ2v) is 4.20.